The number of aromatic nitrogens is 4. The smallest absolute Gasteiger partial charge is 0.399 e. The standard InChI is InChI=1S/C15H13F3N6/c16-15(17,18)14-22-12(21-9-4-5-9)11-13(23-14)24(7-20-11)10-3-1-2-8(19)6-10/h1-3,6-7,9H,4-5,19H2,(H,21,22,23). The first-order valence-corrected chi connectivity index (χ1v) is 7.36. The van der Waals surface area contributed by atoms with Gasteiger partial charge in [0.25, 0.3) is 0 Å². The summed E-state index contributed by atoms with van der Waals surface area (Å²) < 4.78 is 40.9. The fourth-order valence-corrected chi connectivity index (χ4v) is 2.41. The first-order valence-electron chi connectivity index (χ1n) is 7.36. The summed E-state index contributed by atoms with van der Waals surface area (Å²) in [5, 5.41) is 3.00. The Bertz CT molecular complexity index is 913. The van der Waals surface area contributed by atoms with Crippen LogP contribution in [0, 0.1) is 0 Å². The van der Waals surface area contributed by atoms with E-state index in [1.807, 2.05) is 0 Å². The maximum absolute atomic E-state index is 13.2. The van der Waals surface area contributed by atoms with Crippen LogP contribution in [0.4, 0.5) is 24.7 Å². The van der Waals surface area contributed by atoms with Crippen molar-refractivity contribution in [2.75, 3.05) is 11.1 Å². The summed E-state index contributed by atoms with van der Waals surface area (Å²) in [6, 6.07) is 6.91. The number of nitrogens with two attached hydrogens (primary N) is 1. The topological polar surface area (TPSA) is 81.7 Å². The number of halogens is 3. The van der Waals surface area contributed by atoms with Crippen molar-refractivity contribution in [2.24, 2.45) is 0 Å². The zero-order chi connectivity index (χ0) is 16.9. The predicted octanol–water partition coefficient (Wildman–Crippen LogP) is 2.99. The van der Waals surface area contributed by atoms with Crippen LogP contribution in [0.1, 0.15) is 18.7 Å². The van der Waals surface area contributed by atoms with Gasteiger partial charge in [0.1, 0.15) is 6.33 Å². The van der Waals surface area contributed by atoms with Gasteiger partial charge < -0.3 is 11.1 Å². The lowest BCUT2D eigenvalue weighted by Gasteiger charge is -2.11. The van der Waals surface area contributed by atoms with Crippen molar-refractivity contribution >= 4 is 22.7 Å². The summed E-state index contributed by atoms with van der Waals surface area (Å²) in [7, 11) is 0. The molecule has 9 heteroatoms. The van der Waals surface area contributed by atoms with Crippen molar-refractivity contribution in [1.29, 1.82) is 0 Å². The lowest BCUT2D eigenvalue weighted by Crippen LogP contribution is -2.15. The molecule has 2 heterocycles. The molecule has 3 N–H and O–H groups in total. The predicted molar refractivity (Wildman–Crippen MR) is 82.7 cm³/mol. The monoisotopic (exact) mass is 334 g/mol. The minimum Gasteiger partial charge on any atom is -0.399 e. The molecule has 1 saturated carbocycles. The van der Waals surface area contributed by atoms with E-state index in [9.17, 15) is 13.2 Å². The van der Waals surface area contributed by atoms with E-state index in [2.05, 4.69) is 20.3 Å². The number of fused-ring (bicyclic) bond motifs is 1. The number of rotatable bonds is 3. The minimum absolute atomic E-state index is 0.0890. The van der Waals surface area contributed by atoms with Crippen LogP contribution in [0.25, 0.3) is 16.9 Å². The number of anilines is 2. The van der Waals surface area contributed by atoms with Crippen molar-refractivity contribution < 1.29 is 13.2 Å². The summed E-state index contributed by atoms with van der Waals surface area (Å²) in [5.74, 6) is -1.08. The minimum atomic E-state index is -4.64. The summed E-state index contributed by atoms with van der Waals surface area (Å²) in [5.41, 5.74) is 7.23. The summed E-state index contributed by atoms with van der Waals surface area (Å²) in [6.07, 6.45) is -1.41. The number of imidazole rings is 1. The molecule has 3 aromatic rings. The van der Waals surface area contributed by atoms with Crippen LogP contribution in [0.2, 0.25) is 0 Å². The third-order valence-electron chi connectivity index (χ3n) is 3.72. The Kier molecular flexibility index (Phi) is 3.12. The first-order chi connectivity index (χ1) is 11.4. The molecule has 0 spiro atoms. The third kappa shape index (κ3) is 2.61. The quantitative estimate of drug-likeness (QED) is 0.720. The Labute approximate surface area is 134 Å². The highest BCUT2D eigenvalue weighted by molar-refractivity contribution is 5.84. The molecule has 0 amide bonds. The van der Waals surface area contributed by atoms with Crippen LogP contribution >= 0.6 is 0 Å². The molecular formula is C15H13F3N6. The Morgan fingerprint density at radius 3 is 2.67 bits per heavy atom. The molecule has 6 nitrogen and oxygen atoms in total. The van der Waals surface area contributed by atoms with E-state index in [1.54, 1.807) is 24.3 Å². The highest BCUT2D eigenvalue weighted by atomic mass is 19.4. The van der Waals surface area contributed by atoms with Crippen molar-refractivity contribution in [3.63, 3.8) is 0 Å². The largest absolute Gasteiger partial charge is 0.451 e. The number of hydrogen-bond acceptors (Lipinski definition) is 5. The van der Waals surface area contributed by atoms with Gasteiger partial charge in [0.15, 0.2) is 17.0 Å². The van der Waals surface area contributed by atoms with Crippen molar-refractivity contribution in [3.8, 4) is 5.69 Å². The lowest BCUT2D eigenvalue weighted by molar-refractivity contribution is -0.144. The van der Waals surface area contributed by atoms with Gasteiger partial charge in [-0.3, -0.25) is 4.57 Å². The van der Waals surface area contributed by atoms with Gasteiger partial charge in [-0.25, -0.2) is 15.0 Å². The second-order valence-corrected chi connectivity index (χ2v) is 5.69. The fraction of sp³-hybridized carbons (Fsp3) is 0.267. The zero-order valence-corrected chi connectivity index (χ0v) is 12.4. The van der Waals surface area contributed by atoms with E-state index in [0.717, 1.165) is 12.8 Å². The van der Waals surface area contributed by atoms with E-state index >= 15 is 0 Å². The highest BCUT2D eigenvalue weighted by Crippen LogP contribution is 2.33. The normalized spacial score (nSPS) is 15.0. The van der Waals surface area contributed by atoms with Crippen molar-refractivity contribution in [3.05, 3.63) is 36.4 Å². The Morgan fingerprint density at radius 1 is 1.21 bits per heavy atom. The van der Waals surface area contributed by atoms with Crippen molar-refractivity contribution in [1.82, 2.24) is 19.5 Å². The molecular weight excluding hydrogens is 321 g/mol. The zero-order valence-electron chi connectivity index (χ0n) is 12.4. The van der Waals surface area contributed by atoms with Crippen LogP contribution in [-0.2, 0) is 6.18 Å². The van der Waals surface area contributed by atoms with Crippen LogP contribution in [0.5, 0.6) is 0 Å². The second-order valence-electron chi connectivity index (χ2n) is 5.69. The van der Waals surface area contributed by atoms with Gasteiger partial charge in [-0.1, -0.05) is 6.07 Å². The molecule has 1 fully saturated rings. The van der Waals surface area contributed by atoms with Crippen LogP contribution < -0.4 is 11.1 Å². The molecule has 0 unspecified atom stereocenters. The Hall–Kier alpha value is -2.84. The van der Waals surface area contributed by atoms with Gasteiger partial charge in [0, 0.05) is 11.7 Å². The molecule has 0 radical (unpaired) electrons. The van der Waals surface area contributed by atoms with Gasteiger partial charge in [-0.05, 0) is 31.0 Å². The number of nitrogens with one attached hydrogen (secondary N) is 1. The summed E-state index contributed by atoms with van der Waals surface area (Å²) >= 11 is 0. The maximum atomic E-state index is 13.2. The number of nitrogen functional groups attached to an aromatic ring is 1. The fourth-order valence-electron chi connectivity index (χ4n) is 2.41. The Morgan fingerprint density at radius 2 is 2.00 bits per heavy atom. The number of benzene rings is 1. The second kappa shape index (κ2) is 5.08. The van der Waals surface area contributed by atoms with Gasteiger partial charge in [0.05, 0.1) is 5.69 Å². The third-order valence-corrected chi connectivity index (χ3v) is 3.72. The average molecular weight is 334 g/mol. The summed E-state index contributed by atoms with van der Waals surface area (Å²) in [4.78, 5) is 11.5. The van der Waals surface area contributed by atoms with Gasteiger partial charge in [-0.15, -0.1) is 0 Å². The maximum Gasteiger partial charge on any atom is 0.451 e. The van der Waals surface area contributed by atoms with Crippen LogP contribution in [0.15, 0.2) is 30.6 Å². The average Bonchev–Trinajstić information content (AvgIpc) is 3.22. The van der Waals surface area contributed by atoms with Crippen LogP contribution in [-0.4, -0.2) is 25.6 Å². The highest BCUT2D eigenvalue weighted by Gasteiger charge is 2.37. The molecule has 2 aromatic heterocycles. The van der Waals surface area contributed by atoms with E-state index in [0.29, 0.717) is 16.9 Å². The molecule has 1 aliphatic rings. The van der Waals surface area contributed by atoms with Gasteiger partial charge in [0.2, 0.25) is 5.82 Å². The van der Waals surface area contributed by atoms with Gasteiger partial charge in [-0.2, -0.15) is 13.2 Å². The summed E-state index contributed by atoms with van der Waals surface area (Å²) in [6.45, 7) is 0. The number of hydrogen-bond donors (Lipinski definition) is 2. The van der Waals surface area contributed by atoms with E-state index in [1.165, 1.54) is 10.9 Å². The molecule has 0 bridgehead atoms. The van der Waals surface area contributed by atoms with Crippen LogP contribution in [0.3, 0.4) is 0 Å². The van der Waals surface area contributed by atoms with E-state index < -0.39 is 12.0 Å². The first kappa shape index (κ1) is 14.7. The molecule has 0 aliphatic heterocycles. The van der Waals surface area contributed by atoms with E-state index in [4.69, 9.17) is 5.73 Å². The van der Waals surface area contributed by atoms with Gasteiger partial charge >= 0.3 is 6.18 Å². The molecule has 0 atom stereocenters. The number of nitrogens with zero attached hydrogens (tertiary/aromatic N) is 4. The molecule has 24 heavy (non-hydrogen) atoms. The Balaban J connectivity index is 1.93. The number of alkyl halides is 3. The molecule has 124 valence electrons. The SMILES string of the molecule is Nc1cccc(-n2cnc3c(NC4CC4)nc(C(F)(F)F)nc32)c1. The molecule has 1 aromatic carbocycles. The van der Waals surface area contributed by atoms with E-state index in [-0.39, 0.29) is 17.5 Å². The van der Waals surface area contributed by atoms with Crippen molar-refractivity contribution in [2.45, 2.75) is 25.1 Å². The molecule has 1 aliphatic carbocycles. The lowest BCUT2D eigenvalue weighted by atomic mass is 10.3. The molecule has 4 rings (SSSR count). The molecule has 0 saturated heterocycles.